The smallest absolute Gasteiger partial charge is 0.307 e. The van der Waals surface area contributed by atoms with Crippen molar-refractivity contribution in [2.45, 2.75) is 33.1 Å². The van der Waals surface area contributed by atoms with Gasteiger partial charge >= 0.3 is 5.97 Å². The zero-order chi connectivity index (χ0) is 18.5. The van der Waals surface area contributed by atoms with Gasteiger partial charge in [-0.1, -0.05) is 12.1 Å². The summed E-state index contributed by atoms with van der Waals surface area (Å²) in [5, 5.41) is 13.6. The number of nitrogens with zero attached hydrogens (tertiary/aromatic N) is 3. The van der Waals surface area contributed by atoms with Crippen LogP contribution in [0.3, 0.4) is 0 Å². The molecule has 0 bridgehead atoms. The lowest BCUT2D eigenvalue weighted by atomic mass is 9.90. The van der Waals surface area contributed by atoms with Gasteiger partial charge in [0.15, 0.2) is 0 Å². The van der Waals surface area contributed by atoms with Crippen LogP contribution >= 0.6 is 0 Å². The molecule has 1 N–H and O–H groups in total. The highest BCUT2D eigenvalue weighted by atomic mass is 16.4. The van der Waals surface area contributed by atoms with E-state index in [-0.39, 0.29) is 17.2 Å². The van der Waals surface area contributed by atoms with E-state index < -0.39 is 5.97 Å². The molecule has 1 aromatic heterocycles. The van der Waals surface area contributed by atoms with E-state index in [1.807, 2.05) is 43.0 Å². The summed E-state index contributed by atoms with van der Waals surface area (Å²) in [7, 11) is 0. The Labute approximate surface area is 152 Å². The van der Waals surface area contributed by atoms with E-state index in [9.17, 15) is 14.7 Å². The number of rotatable bonds is 3. The van der Waals surface area contributed by atoms with Gasteiger partial charge in [-0.05, 0) is 56.2 Å². The van der Waals surface area contributed by atoms with E-state index >= 15 is 0 Å². The summed E-state index contributed by atoms with van der Waals surface area (Å²) in [6, 6.07) is 8.02. The Kier molecular flexibility index (Phi) is 3.86. The van der Waals surface area contributed by atoms with Gasteiger partial charge in [0.2, 0.25) is 0 Å². The molecule has 26 heavy (non-hydrogen) atoms. The molecule has 1 unspecified atom stereocenters. The summed E-state index contributed by atoms with van der Waals surface area (Å²) < 4.78 is 1.80. The molecule has 6 heteroatoms. The normalized spacial score (nSPS) is 21.0. The van der Waals surface area contributed by atoms with Crippen LogP contribution in [0.25, 0.3) is 5.69 Å². The van der Waals surface area contributed by atoms with Crippen molar-refractivity contribution >= 4 is 11.9 Å². The molecule has 2 aliphatic rings. The number of aromatic nitrogens is 2. The highest BCUT2D eigenvalue weighted by Gasteiger charge is 2.59. The first-order valence-corrected chi connectivity index (χ1v) is 9.05. The Bertz CT molecular complexity index is 878. The number of carbonyl (C=O) groups is 2. The maximum atomic E-state index is 12.9. The lowest BCUT2D eigenvalue weighted by Gasteiger charge is -2.32. The molecule has 1 aromatic carbocycles. The largest absolute Gasteiger partial charge is 0.481 e. The molecule has 2 fully saturated rings. The van der Waals surface area contributed by atoms with E-state index in [2.05, 4.69) is 5.10 Å². The number of piperidine rings is 1. The summed E-state index contributed by atoms with van der Waals surface area (Å²) in [6.45, 7) is 5.19. The molecular weight excluding hydrogens is 330 g/mol. The Morgan fingerprint density at radius 1 is 1.23 bits per heavy atom. The van der Waals surface area contributed by atoms with Gasteiger partial charge in [-0.15, -0.1) is 0 Å². The fourth-order valence-electron chi connectivity index (χ4n) is 4.21. The third-order valence-electron chi connectivity index (χ3n) is 6.02. The molecule has 1 spiro atoms. The van der Waals surface area contributed by atoms with Gasteiger partial charge in [0.05, 0.1) is 29.1 Å². The zero-order valence-corrected chi connectivity index (χ0v) is 15.1. The summed E-state index contributed by atoms with van der Waals surface area (Å²) in [6.07, 6.45) is 3.96. The summed E-state index contributed by atoms with van der Waals surface area (Å²) in [5.74, 6) is -0.922. The zero-order valence-electron chi connectivity index (χ0n) is 15.1. The number of hydrogen-bond donors (Lipinski definition) is 1. The number of aryl methyl sites for hydroxylation is 1. The van der Waals surface area contributed by atoms with Crippen LogP contribution in [0.2, 0.25) is 0 Å². The molecule has 1 aliphatic heterocycles. The predicted octanol–water partition coefficient (Wildman–Crippen LogP) is 2.82. The van der Waals surface area contributed by atoms with Crippen molar-refractivity contribution in [1.29, 1.82) is 0 Å². The van der Waals surface area contributed by atoms with Crippen LogP contribution in [-0.2, 0) is 4.79 Å². The molecule has 2 heterocycles. The highest BCUT2D eigenvalue weighted by Crippen LogP contribution is 2.59. The average molecular weight is 353 g/mol. The first-order chi connectivity index (χ1) is 12.4. The Hall–Kier alpha value is -2.63. The van der Waals surface area contributed by atoms with E-state index in [0.717, 1.165) is 36.2 Å². The second-order valence-corrected chi connectivity index (χ2v) is 7.64. The minimum absolute atomic E-state index is 0.0104. The van der Waals surface area contributed by atoms with Crippen molar-refractivity contribution in [2.24, 2.45) is 11.3 Å². The topological polar surface area (TPSA) is 75.4 Å². The summed E-state index contributed by atoms with van der Waals surface area (Å²) in [5.41, 5.74) is 3.47. The number of likely N-dealkylation sites (tertiary alicyclic amines) is 1. The second kappa shape index (κ2) is 5.97. The van der Waals surface area contributed by atoms with Gasteiger partial charge in [-0.25, -0.2) is 4.68 Å². The summed E-state index contributed by atoms with van der Waals surface area (Å²) in [4.78, 5) is 26.0. The van der Waals surface area contributed by atoms with Crippen molar-refractivity contribution in [2.75, 3.05) is 13.1 Å². The minimum atomic E-state index is -0.694. The van der Waals surface area contributed by atoms with Gasteiger partial charge < -0.3 is 10.0 Å². The lowest BCUT2D eigenvalue weighted by molar-refractivity contribution is -0.139. The maximum absolute atomic E-state index is 12.9. The van der Waals surface area contributed by atoms with Crippen molar-refractivity contribution in [3.8, 4) is 5.69 Å². The Morgan fingerprint density at radius 2 is 1.96 bits per heavy atom. The van der Waals surface area contributed by atoms with Crippen LogP contribution in [-0.4, -0.2) is 44.8 Å². The fourth-order valence-corrected chi connectivity index (χ4v) is 4.21. The van der Waals surface area contributed by atoms with E-state index in [0.29, 0.717) is 18.7 Å². The van der Waals surface area contributed by atoms with Crippen LogP contribution in [0.4, 0.5) is 0 Å². The van der Waals surface area contributed by atoms with Gasteiger partial charge in [0.1, 0.15) is 0 Å². The fraction of sp³-hybridized carbons (Fsp3) is 0.450. The second-order valence-electron chi connectivity index (χ2n) is 7.64. The molecule has 1 aliphatic carbocycles. The number of hydrogen-bond acceptors (Lipinski definition) is 3. The number of carboxylic acids is 1. The molecule has 1 saturated carbocycles. The highest BCUT2D eigenvalue weighted by molar-refractivity contribution is 5.95. The van der Waals surface area contributed by atoms with Gasteiger partial charge in [-0.3, -0.25) is 9.59 Å². The van der Waals surface area contributed by atoms with Gasteiger partial charge in [-0.2, -0.15) is 5.10 Å². The average Bonchev–Trinajstić information content (AvgIpc) is 3.18. The SMILES string of the molecule is Cc1cccc(-n2ncc(C(=O)N3CCC4(CC3)CC4C(=O)O)c2C)c1. The third kappa shape index (κ3) is 2.69. The molecule has 1 saturated heterocycles. The van der Waals surface area contributed by atoms with Crippen molar-refractivity contribution in [3.63, 3.8) is 0 Å². The number of amides is 1. The van der Waals surface area contributed by atoms with Crippen molar-refractivity contribution in [1.82, 2.24) is 14.7 Å². The Morgan fingerprint density at radius 3 is 2.58 bits per heavy atom. The number of aliphatic carboxylic acids is 1. The lowest BCUT2D eigenvalue weighted by Crippen LogP contribution is -2.40. The number of carboxylic acid groups (broad SMARTS) is 1. The first-order valence-electron chi connectivity index (χ1n) is 9.05. The van der Waals surface area contributed by atoms with Gasteiger partial charge in [0, 0.05) is 13.1 Å². The van der Waals surface area contributed by atoms with Gasteiger partial charge in [0.25, 0.3) is 5.91 Å². The minimum Gasteiger partial charge on any atom is -0.481 e. The standard InChI is InChI=1S/C20H23N3O3/c1-13-4-3-5-15(10-13)23-14(2)16(12-21-23)18(24)22-8-6-20(7-9-22)11-17(20)19(25)26/h3-5,10,12,17H,6-9,11H2,1-2H3,(H,25,26). The molecule has 6 nitrogen and oxygen atoms in total. The molecule has 1 atom stereocenters. The van der Waals surface area contributed by atoms with E-state index in [1.165, 1.54) is 0 Å². The molecular formula is C20H23N3O3. The van der Waals surface area contributed by atoms with Crippen LogP contribution < -0.4 is 0 Å². The molecule has 1 amide bonds. The first kappa shape index (κ1) is 16.8. The Balaban J connectivity index is 1.49. The third-order valence-corrected chi connectivity index (χ3v) is 6.02. The molecule has 0 radical (unpaired) electrons. The monoisotopic (exact) mass is 353 g/mol. The molecule has 4 rings (SSSR count). The molecule has 2 aromatic rings. The number of benzene rings is 1. The summed E-state index contributed by atoms with van der Waals surface area (Å²) >= 11 is 0. The van der Waals surface area contributed by atoms with E-state index in [4.69, 9.17) is 0 Å². The quantitative estimate of drug-likeness (QED) is 0.921. The van der Waals surface area contributed by atoms with Crippen molar-refractivity contribution < 1.29 is 14.7 Å². The van der Waals surface area contributed by atoms with Crippen LogP contribution in [0.5, 0.6) is 0 Å². The van der Waals surface area contributed by atoms with Crippen LogP contribution in [0.15, 0.2) is 30.5 Å². The predicted molar refractivity (Wildman–Crippen MR) is 96.4 cm³/mol. The number of carbonyl (C=O) groups excluding carboxylic acids is 1. The van der Waals surface area contributed by atoms with E-state index in [1.54, 1.807) is 10.9 Å². The molecule has 136 valence electrons. The van der Waals surface area contributed by atoms with Crippen LogP contribution in [0.1, 0.15) is 40.9 Å². The van der Waals surface area contributed by atoms with Crippen LogP contribution in [0, 0.1) is 25.2 Å². The maximum Gasteiger partial charge on any atom is 0.307 e. The van der Waals surface area contributed by atoms with Crippen molar-refractivity contribution in [3.05, 3.63) is 47.3 Å².